The molecule has 3 aromatic rings. The normalized spacial score (nSPS) is 11.5. The van der Waals surface area contributed by atoms with Crippen LogP contribution in [0.5, 0.6) is 0 Å². The lowest BCUT2D eigenvalue weighted by Crippen LogP contribution is -2.11. The maximum absolute atomic E-state index is 6.24. The van der Waals surface area contributed by atoms with E-state index < -0.39 is 0 Å². The van der Waals surface area contributed by atoms with Crippen molar-refractivity contribution in [3.05, 3.63) is 89.4 Å². The molecule has 0 unspecified atom stereocenters. The maximum Gasteiger partial charge on any atom is 0.0545 e. The van der Waals surface area contributed by atoms with E-state index in [1.165, 1.54) is 15.4 Å². The molecule has 3 aromatic carbocycles. The van der Waals surface area contributed by atoms with Gasteiger partial charge in [-0.3, -0.25) is 0 Å². The molecule has 0 spiro atoms. The Bertz CT molecular complexity index is 796. The van der Waals surface area contributed by atoms with E-state index >= 15 is 0 Å². The van der Waals surface area contributed by atoms with Gasteiger partial charge in [-0.1, -0.05) is 65.8 Å². The molecule has 0 nitrogen and oxygen atoms in total. The zero-order valence-corrected chi connectivity index (χ0v) is 16.1. The molecule has 0 N–H and O–H groups in total. The first-order valence-electron chi connectivity index (χ1n) is 7.81. The molecule has 0 aromatic heterocycles. The first kappa shape index (κ1) is 17.5. The number of halogens is 1. The summed E-state index contributed by atoms with van der Waals surface area (Å²) in [5.74, 6) is 0. The van der Waals surface area contributed by atoms with Crippen molar-refractivity contribution >= 4 is 35.1 Å². The Balaban J connectivity index is 1.72. The predicted octanol–water partition coefficient (Wildman–Crippen LogP) is 7.52. The largest absolute Gasteiger partial charge is 0.115 e. The molecule has 24 heavy (non-hydrogen) atoms. The van der Waals surface area contributed by atoms with Gasteiger partial charge in [-0.2, -0.15) is 0 Å². The lowest BCUT2D eigenvalue weighted by Gasteiger charge is -2.24. The molecule has 0 aliphatic rings. The van der Waals surface area contributed by atoms with Crippen LogP contribution in [0.1, 0.15) is 19.4 Å². The Morgan fingerprint density at radius 1 is 0.708 bits per heavy atom. The summed E-state index contributed by atoms with van der Waals surface area (Å²) >= 11 is 9.81. The molecule has 0 fully saturated rings. The summed E-state index contributed by atoms with van der Waals surface area (Å²) in [5, 5.41) is 0.797. The van der Waals surface area contributed by atoms with Crippen LogP contribution in [0.3, 0.4) is 0 Å². The van der Waals surface area contributed by atoms with Crippen molar-refractivity contribution in [1.29, 1.82) is 0 Å². The smallest absolute Gasteiger partial charge is 0.0545 e. The summed E-state index contributed by atoms with van der Waals surface area (Å²) < 4.78 is 0.0403. The quantitative estimate of drug-likeness (QED) is 0.426. The van der Waals surface area contributed by atoms with E-state index in [4.69, 9.17) is 11.6 Å². The van der Waals surface area contributed by atoms with Gasteiger partial charge < -0.3 is 0 Å². The van der Waals surface area contributed by atoms with Crippen molar-refractivity contribution in [3.8, 4) is 0 Å². The molecule has 122 valence electrons. The molecule has 0 saturated carbocycles. The van der Waals surface area contributed by atoms with E-state index in [0.29, 0.717) is 0 Å². The maximum atomic E-state index is 6.24. The third-order valence-electron chi connectivity index (χ3n) is 3.73. The van der Waals surface area contributed by atoms with E-state index in [0.717, 1.165) is 9.92 Å². The van der Waals surface area contributed by atoms with Gasteiger partial charge in [-0.15, -0.1) is 11.8 Å². The minimum atomic E-state index is 0.0403. The number of thioether (sulfide) groups is 1. The van der Waals surface area contributed by atoms with Crippen molar-refractivity contribution in [2.45, 2.75) is 33.3 Å². The fraction of sp³-hybridized carbons (Fsp3) is 0.143. The third kappa shape index (κ3) is 4.38. The molecule has 0 atom stereocenters. The first-order valence-corrected chi connectivity index (χ1v) is 9.83. The summed E-state index contributed by atoms with van der Waals surface area (Å²) in [7, 11) is 0. The predicted molar refractivity (Wildman–Crippen MR) is 107 cm³/mol. The van der Waals surface area contributed by atoms with Crippen molar-refractivity contribution in [2.24, 2.45) is 0 Å². The molecular weight excluding hydrogens is 352 g/mol. The minimum Gasteiger partial charge on any atom is -0.115 e. The third-order valence-corrected chi connectivity index (χ3v) is 6.51. The van der Waals surface area contributed by atoms with Gasteiger partial charge in [0.25, 0.3) is 0 Å². The van der Waals surface area contributed by atoms with Crippen molar-refractivity contribution in [2.75, 3.05) is 0 Å². The van der Waals surface area contributed by atoms with E-state index in [-0.39, 0.29) is 4.75 Å². The van der Waals surface area contributed by atoms with Gasteiger partial charge >= 0.3 is 0 Å². The molecule has 3 heteroatoms. The summed E-state index contributed by atoms with van der Waals surface area (Å²) in [5.41, 5.74) is 1.34. The highest BCUT2D eigenvalue weighted by Gasteiger charge is 2.21. The highest BCUT2D eigenvalue weighted by molar-refractivity contribution is 8.00. The molecule has 0 heterocycles. The van der Waals surface area contributed by atoms with Crippen molar-refractivity contribution in [1.82, 2.24) is 0 Å². The van der Waals surface area contributed by atoms with E-state index in [1.54, 1.807) is 11.8 Å². The lowest BCUT2D eigenvalue weighted by molar-refractivity contribution is 0.782. The monoisotopic (exact) mass is 370 g/mol. The Labute approximate surface area is 157 Å². The Hall–Kier alpha value is -1.35. The van der Waals surface area contributed by atoms with Gasteiger partial charge in [0.1, 0.15) is 0 Å². The molecule has 0 aliphatic heterocycles. The summed E-state index contributed by atoms with van der Waals surface area (Å²) in [6.07, 6.45) is 0. The number of hydrogen-bond acceptors (Lipinski definition) is 2. The van der Waals surface area contributed by atoms with Crippen LogP contribution in [-0.4, -0.2) is 0 Å². The molecule has 0 radical (unpaired) electrons. The second-order valence-electron chi connectivity index (χ2n) is 5.98. The van der Waals surface area contributed by atoms with Crippen LogP contribution in [0.4, 0.5) is 0 Å². The highest BCUT2D eigenvalue weighted by Crippen LogP contribution is 2.41. The zero-order valence-electron chi connectivity index (χ0n) is 13.7. The van der Waals surface area contributed by atoms with Gasteiger partial charge in [0.15, 0.2) is 0 Å². The van der Waals surface area contributed by atoms with Crippen molar-refractivity contribution < 1.29 is 0 Å². The number of hydrogen-bond donors (Lipinski definition) is 0. The Morgan fingerprint density at radius 2 is 1.29 bits per heavy atom. The summed E-state index contributed by atoms with van der Waals surface area (Å²) in [6, 6.07) is 27.3. The average Bonchev–Trinajstić information content (AvgIpc) is 2.59. The van der Waals surface area contributed by atoms with Gasteiger partial charge in [0, 0.05) is 19.4 Å². The van der Waals surface area contributed by atoms with Gasteiger partial charge in [0.2, 0.25) is 0 Å². The van der Waals surface area contributed by atoms with Crippen LogP contribution in [0, 0.1) is 0 Å². The second-order valence-corrected chi connectivity index (χ2v) is 9.20. The van der Waals surface area contributed by atoms with Crippen LogP contribution < -0.4 is 0 Å². The highest BCUT2D eigenvalue weighted by atomic mass is 35.5. The average molecular weight is 371 g/mol. The van der Waals surface area contributed by atoms with Crippen LogP contribution in [0.2, 0.25) is 5.02 Å². The fourth-order valence-corrected chi connectivity index (χ4v) is 4.63. The van der Waals surface area contributed by atoms with Gasteiger partial charge in [-0.05, 0) is 55.8 Å². The second kappa shape index (κ2) is 7.69. The lowest BCUT2D eigenvalue weighted by atomic mass is 10.0. The molecule has 0 bridgehead atoms. The molecule has 0 amide bonds. The molecule has 0 aliphatic carbocycles. The Morgan fingerprint density at radius 3 is 1.96 bits per heavy atom. The SMILES string of the molecule is CC(C)(Sc1ccc(Sc2ccccc2Cl)cc1)c1ccccc1. The van der Waals surface area contributed by atoms with Crippen molar-refractivity contribution in [3.63, 3.8) is 0 Å². The van der Waals surface area contributed by atoms with E-state index in [9.17, 15) is 0 Å². The van der Waals surface area contributed by atoms with Crippen LogP contribution in [-0.2, 0) is 4.75 Å². The topological polar surface area (TPSA) is 0 Å². The zero-order chi connectivity index (χ0) is 17.0. The molecule has 0 saturated heterocycles. The van der Waals surface area contributed by atoms with E-state index in [1.807, 2.05) is 36.0 Å². The van der Waals surface area contributed by atoms with Crippen LogP contribution in [0.25, 0.3) is 0 Å². The number of benzene rings is 3. The molecular formula is C21H19ClS2. The van der Waals surface area contributed by atoms with Crippen LogP contribution >= 0.6 is 35.1 Å². The Kier molecular flexibility index (Phi) is 5.60. The summed E-state index contributed by atoms with van der Waals surface area (Å²) in [4.78, 5) is 3.56. The first-order chi connectivity index (χ1) is 11.5. The molecule has 3 rings (SSSR count). The fourth-order valence-electron chi connectivity index (χ4n) is 2.42. The standard InChI is InChI=1S/C21H19ClS2/c1-21(2,16-8-4-3-5-9-16)24-18-14-12-17(13-15-18)23-20-11-7-6-10-19(20)22/h3-15H,1-2H3. The summed E-state index contributed by atoms with van der Waals surface area (Å²) in [6.45, 7) is 4.53. The number of rotatable bonds is 5. The van der Waals surface area contributed by atoms with E-state index in [2.05, 4.69) is 68.4 Å². The van der Waals surface area contributed by atoms with Crippen LogP contribution in [0.15, 0.2) is 93.5 Å². The van der Waals surface area contributed by atoms with Gasteiger partial charge in [0.05, 0.1) is 5.02 Å². The van der Waals surface area contributed by atoms with Gasteiger partial charge in [-0.25, -0.2) is 0 Å². The minimum absolute atomic E-state index is 0.0403.